The van der Waals surface area contributed by atoms with Crippen molar-refractivity contribution in [3.05, 3.63) is 53.3 Å². The van der Waals surface area contributed by atoms with Gasteiger partial charge < -0.3 is 10.6 Å². The maximum atomic E-state index is 12.6. The molecule has 1 fully saturated rings. The van der Waals surface area contributed by atoms with Crippen LogP contribution in [0.5, 0.6) is 0 Å². The monoisotopic (exact) mass is 338 g/mol. The van der Waals surface area contributed by atoms with Gasteiger partial charge in [0.05, 0.1) is 5.56 Å². The molecule has 0 bridgehead atoms. The van der Waals surface area contributed by atoms with Crippen molar-refractivity contribution in [2.75, 3.05) is 0 Å². The van der Waals surface area contributed by atoms with Crippen molar-refractivity contribution in [3.8, 4) is 0 Å². The first-order valence-corrected chi connectivity index (χ1v) is 7.11. The number of halogens is 3. The number of carbonyl (C=O) groups excluding carboxylic acids is 2. The highest BCUT2D eigenvalue weighted by atomic mass is 19.4. The average molecular weight is 338 g/mol. The lowest BCUT2D eigenvalue weighted by Crippen LogP contribution is -2.58. The van der Waals surface area contributed by atoms with Crippen LogP contribution < -0.4 is 10.6 Å². The Morgan fingerprint density at radius 2 is 1.71 bits per heavy atom. The fourth-order valence-electron chi connectivity index (χ4n) is 2.49. The van der Waals surface area contributed by atoms with E-state index < -0.39 is 35.6 Å². The largest absolute Gasteiger partial charge is 0.416 e. The summed E-state index contributed by atoms with van der Waals surface area (Å²) in [6.07, 6.45) is -2.67. The number of hydrogen-bond acceptors (Lipinski definition) is 3. The molecule has 1 aromatic heterocycles. The molecular formula is C15H13F3N4O2. The van der Waals surface area contributed by atoms with Crippen molar-refractivity contribution in [1.29, 1.82) is 0 Å². The minimum atomic E-state index is -4.45. The number of carbonyl (C=O) groups is 2. The van der Waals surface area contributed by atoms with Gasteiger partial charge >= 0.3 is 6.18 Å². The zero-order valence-electron chi connectivity index (χ0n) is 12.2. The summed E-state index contributed by atoms with van der Waals surface area (Å²) in [5.41, 5.74) is 0.156. The second kappa shape index (κ2) is 5.99. The number of H-pyrrole nitrogens is 1. The van der Waals surface area contributed by atoms with Gasteiger partial charge in [0.25, 0.3) is 0 Å². The van der Waals surface area contributed by atoms with Gasteiger partial charge in [-0.25, -0.2) is 0 Å². The Morgan fingerprint density at radius 1 is 1.00 bits per heavy atom. The Bertz CT molecular complexity index is 741. The van der Waals surface area contributed by atoms with Crippen molar-refractivity contribution in [1.82, 2.24) is 20.8 Å². The first-order valence-electron chi connectivity index (χ1n) is 7.11. The number of rotatable bonds is 3. The molecule has 0 saturated carbocycles. The first kappa shape index (κ1) is 16.0. The van der Waals surface area contributed by atoms with E-state index in [9.17, 15) is 22.8 Å². The van der Waals surface area contributed by atoms with Gasteiger partial charge in [-0.05, 0) is 23.8 Å². The van der Waals surface area contributed by atoms with Crippen LogP contribution in [0.1, 0.15) is 22.9 Å². The summed E-state index contributed by atoms with van der Waals surface area (Å²) in [6, 6.07) is 4.03. The van der Waals surface area contributed by atoms with Crippen molar-refractivity contribution in [2.24, 2.45) is 0 Å². The molecule has 126 valence electrons. The van der Waals surface area contributed by atoms with Gasteiger partial charge in [-0.2, -0.15) is 18.3 Å². The number of alkyl halides is 3. The van der Waals surface area contributed by atoms with E-state index in [2.05, 4.69) is 20.8 Å². The van der Waals surface area contributed by atoms with Gasteiger partial charge in [0.2, 0.25) is 11.8 Å². The van der Waals surface area contributed by atoms with Crippen LogP contribution in [0.25, 0.3) is 0 Å². The third-order valence-corrected chi connectivity index (χ3v) is 3.74. The Morgan fingerprint density at radius 3 is 2.29 bits per heavy atom. The molecule has 2 heterocycles. The molecule has 2 aromatic rings. The molecule has 2 unspecified atom stereocenters. The van der Waals surface area contributed by atoms with Crippen LogP contribution in [-0.4, -0.2) is 28.1 Å². The van der Waals surface area contributed by atoms with Crippen LogP contribution in [0, 0.1) is 0 Å². The number of aromatic amines is 1. The predicted molar refractivity (Wildman–Crippen MR) is 76.6 cm³/mol. The van der Waals surface area contributed by atoms with Crippen LogP contribution in [0.2, 0.25) is 0 Å². The highest BCUT2D eigenvalue weighted by molar-refractivity contribution is 5.97. The van der Waals surface area contributed by atoms with Gasteiger partial charge in [0.1, 0.15) is 12.1 Å². The summed E-state index contributed by atoms with van der Waals surface area (Å²) in [5, 5.41) is 11.6. The lowest BCUT2D eigenvalue weighted by Gasteiger charge is -2.29. The summed E-state index contributed by atoms with van der Waals surface area (Å²) in [5.74, 6) is -0.882. The number of nitrogens with zero attached hydrogens (tertiary/aromatic N) is 1. The molecule has 2 amide bonds. The molecule has 6 nitrogen and oxygen atoms in total. The molecule has 1 aliphatic rings. The topological polar surface area (TPSA) is 86.9 Å². The number of amides is 2. The smallest absolute Gasteiger partial charge is 0.342 e. The number of nitrogens with one attached hydrogen (secondary N) is 3. The molecule has 0 radical (unpaired) electrons. The van der Waals surface area contributed by atoms with Gasteiger partial charge in [-0.15, -0.1) is 0 Å². The van der Waals surface area contributed by atoms with E-state index in [0.717, 1.165) is 12.1 Å². The summed E-state index contributed by atoms with van der Waals surface area (Å²) < 4.78 is 37.7. The normalized spacial score (nSPS) is 21.3. The molecular weight excluding hydrogens is 325 g/mol. The third-order valence-electron chi connectivity index (χ3n) is 3.74. The molecule has 0 aliphatic carbocycles. The van der Waals surface area contributed by atoms with E-state index in [1.54, 1.807) is 6.07 Å². The quantitative estimate of drug-likeness (QED) is 0.789. The highest BCUT2D eigenvalue weighted by Crippen LogP contribution is 2.30. The summed E-state index contributed by atoms with van der Waals surface area (Å²) in [6.45, 7) is 0. The van der Waals surface area contributed by atoms with E-state index in [1.165, 1.54) is 18.3 Å². The molecule has 3 N–H and O–H groups in total. The van der Waals surface area contributed by atoms with Crippen LogP contribution in [0.3, 0.4) is 0 Å². The van der Waals surface area contributed by atoms with E-state index in [-0.39, 0.29) is 12.0 Å². The molecule has 3 rings (SSSR count). The standard InChI is InChI=1S/C15H13F3N4O2/c16-15(17,18)9-3-1-8(2-4-9)12-14(24)20-11(13(23)21-12)7-10-5-6-19-22-10/h1-6,11-12H,7H2,(H,19,22)(H,20,24)(H,21,23). The van der Waals surface area contributed by atoms with Crippen LogP contribution in [-0.2, 0) is 22.2 Å². The Kier molecular flexibility index (Phi) is 4.00. The Hall–Kier alpha value is -2.84. The van der Waals surface area contributed by atoms with Gasteiger partial charge in [0.15, 0.2) is 0 Å². The van der Waals surface area contributed by atoms with Crippen molar-refractivity contribution < 1.29 is 22.8 Å². The summed E-state index contributed by atoms with van der Waals surface area (Å²) in [7, 11) is 0. The van der Waals surface area contributed by atoms with Crippen LogP contribution in [0.15, 0.2) is 36.5 Å². The second-order valence-electron chi connectivity index (χ2n) is 5.41. The fourth-order valence-corrected chi connectivity index (χ4v) is 2.49. The molecule has 1 aliphatic heterocycles. The molecule has 2 atom stereocenters. The zero-order chi connectivity index (χ0) is 17.3. The molecule has 24 heavy (non-hydrogen) atoms. The molecule has 9 heteroatoms. The minimum Gasteiger partial charge on any atom is -0.342 e. The highest BCUT2D eigenvalue weighted by Gasteiger charge is 2.35. The number of benzene rings is 1. The Labute approximate surface area is 134 Å². The van der Waals surface area contributed by atoms with E-state index in [0.29, 0.717) is 5.69 Å². The van der Waals surface area contributed by atoms with E-state index in [1.807, 2.05) is 0 Å². The minimum absolute atomic E-state index is 0.247. The fraction of sp³-hybridized carbons (Fsp3) is 0.267. The van der Waals surface area contributed by atoms with Gasteiger partial charge in [-0.1, -0.05) is 12.1 Å². The molecule has 0 spiro atoms. The van der Waals surface area contributed by atoms with Gasteiger partial charge in [-0.3, -0.25) is 14.7 Å². The number of hydrogen-bond donors (Lipinski definition) is 3. The molecule has 1 aromatic carbocycles. The lowest BCUT2D eigenvalue weighted by atomic mass is 9.99. The zero-order valence-corrected chi connectivity index (χ0v) is 12.2. The van der Waals surface area contributed by atoms with Gasteiger partial charge in [0, 0.05) is 18.3 Å². The maximum absolute atomic E-state index is 12.6. The van der Waals surface area contributed by atoms with Crippen molar-refractivity contribution in [2.45, 2.75) is 24.7 Å². The second-order valence-corrected chi connectivity index (χ2v) is 5.41. The van der Waals surface area contributed by atoms with Crippen molar-refractivity contribution >= 4 is 11.8 Å². The van der Waals surface area contributed by atoms with E-state index in [4.69, 9.17) is 0 Å². The summed E-state index contributed by atoms with van der Waals surface area (Å²) >= 11 is 0. The predicted octanol–water partition coefficient (Wildman–Crippen LogP) is 1.33. The van der Waals surface area contributed by atoms with Crippen LogP contribution in [0.4, 0.5) is 13.2 Å². The number of aromatic nitrogens is 2. The Balaban J connectivity index is 1.72. The maximum Gasteiger partial charge on any atom is 0.416 e. The average Bonchev–Trinajstić information content (AvgIpc) is 3.03. The van der Waals surface area contributed by atoms with E-state index >= 15 is 0 Å². The molecule has 1 saturated heterocycles. The van der Waals surface area contributed by atoms with Crippen molar-refractivity contribution in [3.63, 3.8) is 0 Å². The summed E-state index contributed by atoms with van der Waals surface area (Å²) in [4.78, 5) is 24.3. The third kappa shape index (κ3) is 3.24. The first-order chi connectivity index (χ1) is 11.3. The SMILES string of the molecule is O=C1NC(c2ccc(C(F)(F)F)cc2)C(=O)NC1Cc1ccn[nH]1. The lowest BCUT2D eigenvalue weighted by molar-refractivity contribution is -0.137. The van der Waals surface area contributed by atoms with Crippen LogP contribution >= 0.6 is 0 Å². The number of piperazine rings is 1.